The van der Waals surface area contributed by atoms with Crippen molar-refractivity contribution in [1.29, 1.82) is 0 Å². The van der Waals surface area contributed by atoms with Gasteiger partial charge in [-0.3, -0.25) is 19.0 Å². The Bertz CT molecular complexity index is 2920. The number of unbranched alkanes of at least 4 members (excludes halogenated alkanes) is 2. The first-order valence-corrected chi connectivity index (χ1v) is 27.2. The van der Waals surface area contributed by atoms with E-state index in [9.17, 15) is 31.0 Å². The van der Waals surface area contributed by atoms with Crippen molar-refractivity contribution in [3.05, 3.63) is 93.8 Å². The molecular formula is C50H62Cl2N5O9S2+. The highest BCUT2D eigenvalue weighted by atomic mass is 35.5. The second kappa shape index (κ2) is 22.0. The molecule has 3 aromatic carbocycles. The molecule has 2 fully saturated rings. The molecule has 0 saturated carbocycles. The zero-order valence-electron chi connectivity index (χ0n) is 39.3. The number of nitrogens with zero attached hydrogens (tertiary/aromatic N) is 3. The molecule has 0 radical (unpaired) electrons. The Kier molecular flexibility index (Phi) is 16.6. The van der Waals surface area contributed by atoms with Gasteiger partial charge < -0.3 is 19.4 Å². The van der Waals surface area contributed by atoms with Crippen LogP contribution in [0, 0.1) is 5.92 Å². The van der Waals surface area contributed by atoms with Crippen LogP contribution < -0.4 is 24.9 Å². The number of amides is 1. The van der Waals surface area contributed by atoms with Gasteiger partial charge in [0, 0.05) is 97.0 Å². The second-order valence-corrected chi connectivity index (χ2v) is 21.4. The fourth-order valence-electron chi connectivity index (χ4n) is 10.3. The van der Waals surface area contributed by atoms with Crippen LogP contribution in [0.15, 0.2) is 87.0 Å². The van der Waals surface area contributed by atoms with Gasteiger partial charge in [-0.1, -0.05) is 41.8 Å². The second-order valence-electron chi connectivity index (χ2n) is 17.5. The number of anilines is 1. The number of methoxy groups -OCH3 is 1. The molecule has 3 aliphatic heterocycles. The summed E-state index contributed by atoms with van der Waals surface area (Å²) in [5.41, 5.74) is 3.59. The van der Waals surface area contributed by atoms with Gasteiger partial charge in [0.1, 0.15) is 29.3 Å². The molecule has 7 rings (SSSR count). The lowest BCUT2D eigenvalue weighted by Crippen LogP contribution is -2.52. The first kappa shape index (κ1) is 51.3. The van der Waals surface area contributed by atoms with Crippen LogP contribution in [0.1, 0.15) is 84.1 Å². The molecule has 0 unspecified atom stereocenters. The highest BCUT2D eigenvalue weighted by molar-refractivity contribution is 7.89. The number of sulfonamides is 1. The van der Waals surface area contributed by atoms with Crippen molar-refractivity contribution in [3.63, 3.8) is 0 Å². The number of esters is 1. The van der Waals surface area contributed by atoms with Crippen LogP contribution in [0.5, 0.6) is 0 Å². The van der Waals surface area contributed by atoms with Crippen molar-refractivity contribution in [2.75, 3.05) is 57.8 Å². The maximum absolute atomic E-state index is 13.6. The van der Waals surface area contributed by atoms with Gasteiger partial charge >= 0.3 is 5.97 Å². The van der Waals surface area contributed by atoms with E-state index in [1.807, 2.05) is 48.5 Å². The van der Waals surface area contributed by atoms with Gasteiger partial charge in [-0.15, -0.1) is 0 Å². The van der Waals surface area contributed by atoms with Crippen molar-refractivity contribution in [3.8, 4) is 22.5 Å². The number of hydrogen-bond acceptors (Lipinski definition) is 10. The number of halogens is 2. The number of piperidine rings is 1. The van der Waals surface area contributed by atoms with Gasteiger partial charge in [0.15, 0.2) is 0 Å². The number of nitrogens with one attached hydrogen (secondary N) is 2. The number of carbonyl (C=O) groups excluding carboxylic acids is 2. The number of hydrogen-bond donors (Lipinski definition) is 3. The third-order valence-electron chi connectivity index (χ3n) is 13.7. The third-order valence-corrected chi connectivity index (χ3v) is 16.8. The van der Waals surface area contributed by atoms with Gasteiger partial charge in [-0.25, -0.2) is 17.7 Å². The lowest BCUT2D eigenvalue weighted by atomic mass is 9.76. The van der Waals surface area contributed by atoms with Gasteiger partial charge in [0.05, 0.1) is 34.0 Å². The number of rotatable bonds is 20. The molecule has 14 nitrogen and oxygen atoms in total. The predicted molar refractivity (Wildman–Crippen MR) is 268 cm³/mol. The van der Waals surface area contributed by atoms with Crippen molar-refractivity contribution >= 4 is 71.9 Å². The zero-order chi connectivity index (χ0) is 48.9. The number of fused-ring (bicyclic) bond motifs is 4. The first-order chi connectivity index (χ1) is 32.5. The summed E-state index contributed by atoms with van der Waals surface area (Å²) in [6.45, 7) is 12.3. The molecule has 3 heterocycles. The summed E-state index contributed by atoms with van der Waals surface area (Å²) in [6, 6.07) is 20.9. The topological polar surface area (TPSA) is 179 Å². The molecule has 3 aromatic rings. The van der Waals surface area contributed by atoms with E-state index in [0.717, 1.165) is 68.1 Å². The summed E-state index contributed by atoms with van der Waals surface area (Å²) in [6.07, 6.45) is 4.32. The normalized spacial score (nSPS) is 18.5. The van der Waals surface area contributed by atoms with Crippen LogP contribution >= 0.6 is 23.2 Å². The van der Waals surface area contributed by atoms with E-state index in [0.29, 0.717) is 70.3 Å². The van der Waals surface area contributed by atoms with Gasteiger partial charge in [0.2, 0.25) is 21.3 Å². The Morgan fingerprint density at radius 2 is 1.62 bits per heavy atom. The molecule has 2 saturated heterocycles. The highest BCUT2D eigenvalue weighted by Crippen LogP contribution is 2.48. The van der Waals surface area contributed by atoms with E-state index in [1.54, 1.807) is 6.07 Å². The Balaban J connectivity index is 0.982. The Morgan fingerprint density at radius 3 is 2.31 bits per heavy atom. The van der Waals surface area contributed by atoms with Crippen molar-refractivity contribution in [2.24, 2.45) is 5.92 Å². The van der Waals surface area contributed by atoms with E-state index in [2.05, 4.69) is 52.1 Å². The highest BCUT2D eigenvalue weighted by Gasteiger charge is 2.51. The van der Waals surface area contributed by atoms with E-state index >= 15 is 0 Å². The lowest BCUT2D eigenvalue weighted by Gasteiger charge is -2.43. The maximum Gasteiger partial charge on any atom is 0.310 e. The number of ether oxygens (including phenoxy) is 1. The molecule has 0 aromatic heterocycles. The fraction of sp³-hybridized carbons (Fsp3) is 0.460. The Morgan fingerprint density at radius 1 is 0.868 bits per heavy atom. The quantitative estimate of drug-likeness (QED) is 0.0225. The third kappa shape index (κ3) is 11.1. The minimum absolute atomic E-state index is 0.0299. The maximum atomic E-state index is 13.6. The number of benzene rings is 4. The molecule has 1 aliphatic carbocycles. The average Bonchev–Trinajstić information content (AvgIpc) is 3.59. The van der Waals surface area contributed by atoms with Gasteiger partial charge in [0.25, 0.3) is 10.1 Å². The van der Waals surface area contributed by atoms with Gasteiger partial charge in [-0.05, 0) is 108 Å². The Hall–Kier alpha value is -4.55. The first-order valence-electron chi connectivity index (χ1n) is 23.5. The molecule has 1 amide bonds. The molecular weight excluding hydrogens is 950 g/mol. The van der Waals surface area contributed by atoms with Crippen LogP contribution in [0.25, 0.3) is 33.4 Å². The van der Waals surface area contributed by atoms with E-state index < -0.39 is 25.0 Å². The van der Waals surface area contributed by atoms with Crippen LogP contribution in [-0.4, -0.2) is 103 Å². The molecule has 2 bridgehead atoms. The molecule has 18 heteroatoms. The molecule has 3 N–H and O–H groups in total. The minimum atomic E-state index is -4.95. The summed E-state index contributed by atoms with van der Waals surface area (Å²) in [5.74, 6) is -0.315. The molecule has 4 atom stereocenters. The molecule has 68 heavy (non-hydrogen) atoms. The zero-order valence-corrected chi connectivity index (χ0v) is 42.4. The number of carbonyl (C=O) groups is 2. The van der Waals surface area contributed by atoms with E-state index in [1.165, 1.54) is 19.2 Å². The van der Waals surface area contributed by atoms with Crippen molar-refractivity contribution in [2.45, 2.75) is 100 Å². The molecule has 0 spiro atoms. The minimum Gasteiger partial charge on any atom is -0.469 e. The van der Waals surface area contributed by atoms with Crippen LogP contribution in [0.3, 0.4) is 0 Å². The van der Waals surface area contributed by atoms with Gasteiger partial charge in [-0.2, -0.15) is 8.42 Å². The molecule has 366 valence electrons. The van der Waals surface area contributed by atoms with Crippen molar-refractivity contribution < 1.29 is 40.1 Å². The fourth-order valence-corrected chi connectivity index (χ4v) is 12.5. The summed E-state index contributed by atoms with van der Waals surface area (Å²) < 4.78 is 80.7. The summed E-state index contributed by atoms with van der Waals surface area (Å²) in [4.78, 5) is 29.6. The van der Waals surface area contributed by atoms with E-state index in [4.69, 9.17) is 32.4 Å². The van der Waals surface area contributed by atoms with E-state index in [-0.39, 0.29) is 59.2 Å². The van der Waals surface area contributed by atoms with Crippen LogP contribution in [0.4, 0.5) is 5.69 Å². The SMILES string of the molecule is CCN(CC)c1ccc2c(-c3ccc(S(=O)(=O)NCCCCCC(=O)NCCN4[C@@H]5CC[C@@H]4[C@@H](C(=O)OC)[C@@H](c4ccc(Cl)c(Cl)c4)C5)cc3S(=O)(=O)O)c3ccc(=[N+](CC)CC)cc-3oc2c1. The van der Waals surface area contributed by atoms with Crippen LogP contribution in [0.2, 0.25) is 10.0 Å². The lowest BCUT2D eigenvalue weighted by molar-refractivity contribution is -0.150. The summed E-state index contributed by atoms with van der Waals surface area (Å²) in [7, 11) is -7.75. The largest absolute Gasteiger partial charge is 0.469 e. The van der Waals surface area contributed by atoms with Crippen molar-refractivity contribution in [1.82, 2.24) is 19.5 Å². The summed E-state index contributed by atoms with van der Waals surface area (Å²) >= 11 is 12.5. The predicted octanol–water partition coefficient (Wildman–Crippen LogP) is 8.18. The summed E-state index contributed by atoms with van der Waals surface area (Å²) in [5, 5.41) is 5.43. The smallest absolute Gasteiger partial charge is 0.310 e. The van der Waals surface area contributed by atoms with Crippen LogP contribution in [-0.2, 0) is 34.5 Å². The monoisotopic (exact) mass is 1010 g/mol. The average molecular weight is 1010 g/mol. The molecule has 4 aliphatic rings. The Labute approximate surface area is 409 Å². The standard InChI is InChI=1S/C50H61Cl2N5O9S2/c1-6-55(7-2)33-15-19-37-44(29-33)66-45-30-34(56(8-3)9-4)16-20-38(45)48(37)39-21-18-36(31-46(39)68(62,63)64)67(60,61)54-24-12-10-11-13-47(58)53-25-26-57-35-17-23-43(57)49(50(59)65-5)40(28-35)32-14-22-41(51)42(52)27-32/h14-16,18-22,27,29-31,35,40,43,49,54H,6-13,17,23-26,28H2,1-5H3,(H-,53,58,62,63,64)/p+1/t35-,40-,43-,49+/m1/s1.